The van der Waals surface area contributed by atoms with Crippen LogP contribution in [0.15, 0.2) is 6.07 Å². The topological polar surface area (TPSA) is 55.6 Å². The normalized spacial score (nSPS) is 10.3. The molecular formula is C14H22N2O2. The van der Waals surface area contributed by atoms with Crippen molar-refractivity contribution in [1.29, 1.82) is 0 Å². The van der Waals surface area contributed by atoms with Gasteiger partial charge in [-0.1, -0.05) is 6.07 Å². The maximum Gasteiger partial charge on any atom is 0.228 e. The van der Waals surface area contributed by atoms with E-state index in [0.717, 1.165) is 28.1 Å². The smallest absolute Gasteiger partial charge is 0.228 e. The van der Waals surface area contributed by atoms with Gasteiger partial charge in [-0.2, -0.15) is 0 Å². The molecule has 1 aromatic carbocycles. The van der Waals surface area contributed by atoms with Crippen LogP contribution >= 0.6 is 0 Å². The molecule has 0 saturated carbocycles. The van der Waals surface area contributed by atoms with Crippen LogP contribution in [0.5, 0.6) is 5.75 Å². The van der Waals surface area contributed by atoms with E-state index < -0.39 is 0 Å². The number of methoxy groups -OCH3 is 1. The molecule has 0 fully saturated rings. The molecule has 0 atom stereocenters. The summed E-state index contributed by atoms with van der Waals surface area (Å²) in [7, 11) is 3.39. The molecule has 1 aromatic rings. The van der Waals surface area contributed by atoms with Gasteiger partial charge in [-0.05, 0) is 37.5 Å². The van der Waals surface area contributed by atoms with Crippen LogP contribution in [0, 0.1) is 20.8 Å². The quantitative estimate of drug-likeness (QED) is 0.888. The molecule has 0 aliphatic rings. The SMILES string of the molecule is COc1c(C)c(C)cc(C)c1N(C)C(=O)CCN. The average Bonchev–Trinajstić information content (AvgIpc) is 2.32. The Kier molecular flexibility index (Phi) is 4.73. The largest absolute Gasteiger partial charge is 0.494 e. The Hall–Kier alpha value is -1.55. The van der Waals surface area contributed by atoms with Crippen molar-refractivity contribution in [2.24, 2.45) is 5.73 Å². The molecule has 0 spiro atoms. The van der Waals surface area contributed by atoms with E-state index in [1.54, 1.807) is 19.1 Å². The maximum absolute atomic E-state index is 12.0. The zero-order chi connectivity index (χ0) is 13.9. The van der Waals surface area contributed by atoms with Crippen molar-refractivity contribution < 1.29 is 9.53 Å². The third-order valence-corrected chi connectivity index (χ3v) is 3.23. The number of nitrogens with two attached hydrogens (primary N) is 1. The van der Waals surface area contributed by atoms with E-state index in [1.807, 2.05) is 20.8 Å². The molecule has 0 aromatic heterocycles. The van der Waals surface area contributed by atoms with Gasteiger partial charge in [-0.15, -0.1) is 0 Å². The molecule has 4 nitrogen and oxygen atoms in total. The van der Waals surface area contributed by atoms with Gasteiger partial charge in [-0.25, -0.2) is 0 Å². The summed E-state index contributed by atoms with van der Waals surface area (Å²) in [4.78, 5) is 13.6. The lowest BCUT2D eigenvalue weighted by atomic mass is 10.0. The number of amides is 1. The van der Waals surface area contributed by atoms with Gasteiger partial charge >= 0.3 is 0 Å². The predicted octanol–water partition coefficient (Wildman–Crippen LogP) is 1.93. The Morgan fingerprint density at radius 3 is 2.44 bits per heavy atom. The Balaban J connectivity index is 3.31. The monoisotopic (exact) mass is 250 g/mol. The fraction of sp³-hybridized carbons (Fsp3) is 0.500. The van der Waals surface area contributed by atoms with E-state index in [2.05, 4.69) is 6.07 Å². The summed E-state index contributed by atoms with van der Waals surface area (Å²) < 4.78 is 5.46. The molecule has 2 N–H and O–H groups in total. The van der Waals surface area contributed by atoms with Crippen LogP contribution in [0.4, 0.5) is 5.69 Å². The lowest BCUT2D eigenvalue weighted by Gasteiger charge is -2.24. The van der Waals surface area contributed by atoms with Crippen molar-refractivity contribution in [2.45, 2.75) is 27.2 Å². The molecule has 0 heterocycles. The van der Waals surface area contributed by atoms with Crippen LogP contribution in [0.2, 0.25) is 0 Å². The molecule has 0 aliphatic heterocycles. The molecule has 0 saturated heterocycles. The third kappa shape index (κ3) is 2.64. The molecule has 0 aliphatic carbocycles. The first kappa shape index (κ1) is 14.5. The van der Waals surface area contributed by atoms with Crippen LogP contribution < -0.4 is 15.4 Å². The minimum Gasteiger partial charge on any atom is -0.494 e. The Morgan fingerprint density at radius 2 is 1.94 bits per heavy atom. The van der Waals surface area contributed by atoms with Crippen LogP contribution in [-0.4, -0.2) is 26.6 Å². The van der Waals surface area contributed by atoms with E-state index in [1.165, 1.54) is 0 Å². The number of rotatable bonds is 4. The first-order valence-electron chi connectivity index (χ1n) is 6.05. The Morgan fingerprint density at radius 1 is 1.33 bits per heavy atom. The zero-order valence-electron chi connectivity index (χ0n) is 11.8. The van der Waals surface area contributed by atoms with E-state index in [9.17, 15) is 4.79 Å². The van der Waals surface area contributed by atoms with E-state index >= 15 is 0 Å². The molecule has 0 radical (unpaired) electrons. The van der Waals surface area contributed by atoms with Crippen molar-refractivity contribution in [3.8, 4) is 5.75 Å². The lowest BCUT2D eigenvalue weighted by Crippen LogP contribution is -2.29. The molecule has 100 valence electrons. The van der Waals surface area contributed by atoms with E-state index in [0.29, 0.717) is 13.0 Å². The number of nitrogens with zero attached hydrogens (tertiary/aromatic N) is 1. The molecular weight excluding hydrogens is 228 g/mol. The van der Waals surface area contributed by atoms with Crippen molar-refractivity contribution >= 4 is 11.6 Å². The first-order valence-corrected chi connectivity index (χ1v) is 6.05. The number of hydrogen-bond acceptors (Lipinski definition) is 3. The number of carbonyl (C=O) groups excluding carboxylic acids is 1. The van der Waals surface area contributed by atoms with E-state index in [-0.39, 0.29) is 5.91 Å². The van der Waals surface area contributed by atoms with Gasteiger partial charge in [0.05, 0.1) is 12.8 Å². The van der Waals surface area contributed by atoms with Gasteiger partial charge in [-0.3, -0.25) is 4.79 Å². The fourth-order valence-electron chi connectivity index (χ4n) is 2.12. The van der Waals surface area contributed by atoms with Gasteiger partial charge in [0.2, 0.25) is 5.91 Å². The second-order valence-corrected chi connectivity index (χ2v) is 4.51. The van der Waals surface area contributed by atoms with Crippen molar-refractivity contribution in [2.75, 3.05) is 25.6 Å². The molecule has 0 bridgehead atoms. The van der Waals surface area contributed by atoms with Gasteiger partial charge in [0.15, 0.2) is 0 Å². The second-order valence-electron chi connectivity index (χ2n) is 4.51. The summed E-state index contributed by atoms with van der Waals surface area (Å²) in [5.74, 6) is 0.766. The van der Waals surface area contributed by atoms with Gasteiger partial charge in [0, 0.05) is 20.0 Å². The molecule has 0 unspecified atom stereocenters. The van der Waals surface area contributed by atoms with Gasteiger partial charge in [0.25, 0.3) is 0 Å². The standard InChI is InChI=1S/C14H22N2O2/c1-9-8-10(2)13(14(18-5)11(9)3)16(4)12(17)6-7-15/h8H,6-7,15H2,1-5H3. The predicted molar refractivity (Wildman–Crippen MR) is 74.3 cm³/mol. The van der Waals surface area contributed by atoms with Crippen LogP contribution in [0.3, 0.4) is 0 Å². The highest BCUT2D eigenvalue weighted by Crippen LogP contribution is 2.36. The number of carbonyl (C=O) groups is 1. The number of hydrogen-bond donors (Lipinski definition) is 1. The number of aryl methyl sites for hydroxylation is 2. The van der Waals surface area contributed by atoms with Crippen LogP contribution in [0.1, 0.15) is 23.1 Å². The fourth-order valence-corrected chi connectivity index (χ4v) is 2.12. The second kappa shape index (κ2) is 5.87. The van der Waals surface area contributed by atoms with Crippen LogP contribution in [-0.2, 0) is 4.79 Å². The minimum absolute atomic E-state index is 0.00199. The summed E-state index contributed by atoms with van der Waals surface area (Å²) in [6.45, 7) is 6.38. The van der Waals surface area contributed by atoms with Crippen molar-refractivity contribution in [1.82, 2.24) is 0 Å². The summed E-state index contributed by atoms with van der Waals surface area (Å²) in [6, 6.07) is 2.07. The Labute approximate surface area is 109 Å². The van der Waals surface area contributed by atoms with Crippen molar-refractivity contribution in [3.63, 3.8) is 0 Å². The lowest BCUT2D eigenvalue weighted by molar-refractivity contribution is -0.118. The van der Waals surface area contributed by atoms with Gasteiger partial charge in [0.1, 0.15) is 5.75 Å². The van der Waals surface area contributed by atoms with Gasteiger partial charge < -0.3 is 15.4 Å². The van der Waals surface area contributed by atoms with Crippen LogP contribution in [0.25, 0.3) is 0 Å². The maximum atomic E-state index is 12.0. The minimum atomic E-state index is 0.00199. The highest BCUT2D eigenvalue weighted by Gasteiger charge is 2.19. The highest BCUT2D eigenvalue weighted by atomic mass is 16.5. The third-order valence-electron chi connectivity index (χ3n) is 3.23. The molecule has 1 amide bonds. The first-order chi connectivity index (χ1) is 8.43. The number of anilines is 1. The number of benzene rings is 1. The summed E-state index contributed by atoms with van der Waals surface area (Å²) >= 11 is 0. The number of ether oxygens (including phenoxy) is 1. The summed E-state index contributed by atoms with van der Waals surface area (Å²) in [6.07, 6.45) is 0.339. The average molecular weight is 250 g/mol. The highest BCUT2D eigenvalue weighted by molar-refractivity contribution is 5.95. The summed E-state index contributed by atoms with van der Waals surface area (Å²) in [5.41, 5.74) is 9.51. The van der Waals surface area contributed by atoms with E-state index in [4.69, 9.17) is 10.5 Å². The van der Waals surface area contributed by atoms with Crippen molar-refractivity contribution in [3.05, 3.63) is 22.8 Å². The Bertz CT molecular complexity index is 456. The molecule has 4 heteroatoms. The zero-order valence-corrected chi connectivity index (χ0v) is 11.8. The summed E-state index contributed by atoms with van der Waals surface area (Å²) in [5, 5.41) is 0. The molecule has 1 rings (SSSR count). The molecule has 18 heavy (non-hydrogen) atoms.